The van der Waals surface area contributed by atoms with E-state index >= 15 is 0 Å². The van der Waals surface area contributed by atoms with E-state index in [2.05, 4.69) is 20.7 Å². The summed E-state index contributed by atoms with van der Waals surface area (Å²) in [5, 5.41) is 0. The highest BCUT2D eigenvalue weighted by atomic mass is 79.9. The molecule has 0 atom stereocenters. The highest BCUT2D eigenvalue weighted by Crippen LogP contribution is 2.23. The van der Waals surface area contributed by atoms with Crippen molar-refractivity contribution in [1.82, 2.24) is 0 Å². The van der Waals surface area contributed by atoms with Gasteiger partial charge in [0.2, 0.25) is 0 Å². The Bertz CT molecular complexity index is 346. The monoisotopic (exact) mass is 276 g/mol. The van der Waals surface area contributed by atoms with Gasteiger partial charge in [0.15, 0.2) is 5.78 Å². The van der Waals surface area contributed by atoms with E-state index in [1.807, 2.05) is 0 Å². The van der Waals surface area contributed by atoms with E-state index in [-0.39, 0.29) is 12.2 Å². The third-order valence-corrected chi connectivity index (χ3v) is 3.12. The Hall–Kier alpha value is -0.680. The minimum Gasteiger partial charge on any atom is -0.466 e. The summed E-state index contributed by atoms with van der Waals surface area (Å²) >= 11 is 4.56. The molecule has 0 aliphatic rings. The highest BCUT2D eigenvalue weighted by Gasteiger charge is 2.13. The number of hydrogen-bond acceptors (Lipinski definition) is 4. The van der Waals surface area contributed by atoms with E-state index in [1.54, 1.807) is 19.1 Å². The van der Waals surface area contributed by atoms with Crippen molar-refractivity contribution < 1.29 is 14.3 Å². The number of esters is 1. The van der Waals surface area contributed by atoms with Gasteiger partial charge in [0, 0.05) is 0 Å². The molecular weight excluding hydrogens is 268 g/mol. The standard InChI is InChI=1S/C9H9BrO3S/c1-2-13-9(12)5-6(11)7-3-4-8(10)14-7/h3-4H,2,5H2,1H3. The molecule has 5 heteroatoms. The molecule has 0 amide bonds. The highest BCUT2D eigenvalue weighted by molar-refractivity contribution is 9.11. The first-order chi connectivity index (χ1) is 6.63. The maximum absolute atomic E-state index is 11.4. The molecule has 0 fully saturated rings. The van der Waals surface area contributed by atoms with Crippen molar-refractivity contribution in [2.45, 2.75) is 13.3 Å². The average Bonchev–Trinajstić information content (AvgIpc) is 2.52. The zero-order chi connectivity index (χ0) is 10.6. The average molecular weight is 277 g/mol. The lowest BCUT2D eigenvalue weighted by Crippen LogP contribution is -2.10. The molecule has 76 valence electrons. The van der Waals surface area contributed by atoms with Crippen LogP contribution in [-0.4, -0.2) is 18.4 Å². The predicted octanol–water partition coefficient (Wildman–Crippen LogP) is 2.65. The van der Waals surface area contributed by atoms with Crippen molar-refractivity contribution in [3.63, 3.8) is 0 Å². The Morgan fingerprint density at radius 3 is 2.71 bits per heavy atom. The van der Waals surface area contributed by atoms with Crippen LogP contribution < -0.4 is 0 Å². The third kappa shape index (κ3) is 3.23. The number of ether oxygens (including phenoxy) is 1. The molecule has 0 radical (unpaired) electrons. The summed E-state index contributed by atoms with van der Waals surface area (Å²) in [5.74, 6) is -0.666. The molecule has 1 rings (SSSR count). The summed E-state index contributed by atoms with van der Waals surface area (Å²) in [7, 11) is 0. The van der Waals surface area contributed by atoms with E-state index in [1.165, 1.54) is 11.3 Å². The Morgan fingerprint density at radius 1 is 1.50 bits per heavy atom. The summed E-state index contributed by atoms with van der Waals surface area (Å²) in [4.78, 5) is 23.0. The molecule has 0 saturated carbocycles. The third-order valence-electron chi connectivity index (χ3n) is 1.46. The van der Waals surface area contributed by atoms with Crippen molar-refractivity contribution in [3.8, 4) is 0 Å². The quantitative estimate of drug-likeness (QED) is 0.482. The second-order valence-electron chi connectivity index (χ2n) is 2.51. The SMILES string of the molecule is CCOC(=O)CC(=O)c1ccc(Br)s1. The number of hydrogen-bond donors (Lipinski definition) is 0. The van der Waals surface area contributed by atoms with Gasteiger partial charge in [0.05, 0.1) is 15.3 Å². The van der Waals surface area contributed by atoms with Crippen LogP contribution in [0, 0.1) is 0 Å². The number of halogens is 1. The lowest BCUT2D eigenvalue weighted by atomic mass is 10.2. The van der Waals surface area contributed by atoms with Gasteiger partial charge in [-0.05, 0) is 35.0 Å². The Balaban J connectivity index is 2.55. The van der Waals surface area contributed by atoms with Gasteiger partial charge in [0.1, 0.15) is 6.42 Å². The molecule has 1 heterocycles. The summed E-state index contributed by atoms with van der Waals surface area (Å²) < 4.78 is 5.55. The lowest BCUT2D eigenvalue weighted by Gasteiger charge is -1.98. The minimum atomic E-state index is -0.470. The van der Waals surface area contributed by atoms with E-state index in [9.17, 15) is 9.59 Å². The normalized spacial score (nSPS) is 9.86. The van der Waals surface area contributed by atoms with Crippen LogP contribution in [0.4, 0.5) is 0 Å². The molecule has 1 aromatic rings. The lowest BCUT2D eigenvalue weighted by molar-refractivity contribution is -0.141. The topological polar surface area (TPSA) is 43.4 Å². The molecular formula is C9H9BrO3S. The molecule has 0 N–H and O–H groups in total. The number of rotatable bonds is 4. The number of ketones is 1. The number of Topliss-reactive ketones (excluding diaryl/α,β-unsaturated/α-hetero) is 1. The van der Waals surface area contributed by atoms with Crippen molar-refractivity contribution in [2.75, 3.05) is 6.61 Å². The fourth-order valence-corrected chi connectivity index (χ4v) is 2.22. The van der Waals surface area contributed by atoms with Gasteiger partial charge in [-0.3, -0.25) is 9.59 Å². The van der Waals surface area contributed by atoms with Crippen LogP contribution in [-0.2, 0) is 9.53 Å². The van der Waals surface area contributed by atoms with Gasteiger partial charge < -0.3 is 4.74 Å². The van der Waals surface area contributed by atoms with Crippen LogP contribution in [0.15, 0.2) is 15.9 Å². The van der Waals surface area contributed by atoms with E-state index < -0.39 is 5.97 Å². The van der Waals surface area contributed by atoms with Crippen LogP contribution >= 0.6 is 27.3 Å². The summed E-state index contributed by atoms with van der Waals surface area (Å²) in [6, 6.07) is 3.47. The van der Waals surface area contributed by atoms with Crippen molar-refractivity contribution >= 4 is 39.0 Å². The fraction of sp³-hybridized carbons (Fsp3) is 0.333. The summed E-state index contributed by atoms with van der Waals surface area (Å²) in [5.41, 5.74) is 0. The van der Waals surface area contributed by atoms with Crippen LogP contribution in [0.5, 0.6) is 0 Å². The molecule has 0 spiro atoms. The van der Waals surface area contributed by atoms with Gasteiger partial charge in [-0.1, -0.05) is 0 Å². The van der Waals surface area contributed by atoms with Gasteiger partial charge in [-0.2, -0.15) is 0 Å². The molecule has 0 saturated heterocycles. The molecule has 0 aliphatic heterocycles. The molecule has 14 heavy (non-hydrogen) atoms. The van der Waals surface area contributed by atoms with Crippen molar-refractivity contribution in [2.24, 2.45) is 0 Å². The zero-order valence-electron chi connectivity index (χ0n) is 7.58. The van der Waals surface area contributed by atoms with Crippen molar-refractivity contribution in [3.05, 3.63) is 20.8 Å². The summed E-state index contributed by atoms with van der Waals surface area (Å²) in [6.07, 6.45) is -0.180. The molecule has 0 bridgehead atoms. The first-order valence-corrected chi connectivity index (χ1v) is 5.68. The molecule has 0 aliphatic carbocycles. The van der Waals surface area contributed by atoms with Crippen LogP contribution in [0.3, 0.4) is 0 Å². The molecule has 1 aromatic heterocycles. The number of carbonyl (C=O) groups excluding carboxylic acids is 2. The molecule has 0 aromatic carbocycles. The van der Waals surface area contributed by atoms with E-state index in [0.29, 0.717) is 11.5 Å². The Morgan fingerprint density at radius 2 is 2.21 bits per heavy atom. The maximum Gasteiger partial charge on any atom is 0.313 e. The zero-order valence-corrected chi connectivity index (χ0v) is 9.98. The van der Waals surface area contributed by atoms with Crippen LogP contribution in [0.25, 0.3) is 0 Å². The second kappa shape index (κ2) is 5.26. The smallest absolute Gasteiger partial charge is 0.313 e. The first-order valence-electron chi connectivity index (χ1n) is 4.07. The van der Waals surface area contributed by atoms with Gasteiger partial charge in [-0.25, -0.2) is 0 Å². The van der Waals surface area contributed by atoms with E-state index in [4.69, 9.17) is 0 Å². The van der Waals surface area contributed by atoms with Crippen molar-refractivity contribution in [1.29, 1.82) is 0 Å². The predicted molar refractivity (Wildman–Crippen MR) is 57.6 cm³/mol. The van der Waals surface area contributed by atoms with E-state index in [0.717, 1.165) is 3.79 Å². The first kappa shape index (κ1) is 11.4. The Labute approximate surface area is 94.2 Å². The summed E-state index contributed by atoms with van der Waals surface area (Å²) in [6.45, 7) is 2.02. The number of carbonyl (C=O) groups is 2. The molecule has 3 nitrogen and oxygen atoms in total. The van der Waals surface area contributed by atoms with Crippen LogP contribution in [0.2, 0.25) is 0 Å². The number of thiophene rings is 1. The van der Waals surface area contributed by atoms with Crippen LogP contribution in [0.1, 0.15) is 23.0 Å². The molecule has 0 unspecified atom stereocenters. The second-order valence-corrected chi connectivity index (χ2v) is 4.97. The largest absolute Gasteiger partial charge is 0.466 e. The van der Waals surface area contributed by atoms with Gasteiger partial charge in [0.25, 0.3) is 0 Å². The van der Waals surface area contributed by atoms with Gasteiger partial charge in [-0.15, -0.1) is 11.3 Å². The fourth-order valence-electron chi connectivity index (χ4n) is 0.894. The minimum absolute atomic E-state index is 0.180. The maximum atomic E-state index is 11.4. The van der Waals surface area contributed by atoms with Gasteiger partial charge >= 0.3 is 5.97 Å². The Kier molecular flexibility index (Phi) is 4.28.